The van der Waals surface area contributed by atoms with E-state index in [-0.39, 0.29) is 13.0 Å². The van der Waals surface area contributed by atoms with Crippen molar-refractivity contribution >= 4 is 0 Å². The highest BCUT2D eigenvalue weighted by Gasteiger charge is 2.21. The molecule has 0 aromatic heterocycles. The summed E-state index contributed by atoms with van der Waals surface area (Å²) in [7, 11) is 1.47. The SMILES string of the molecule is COCC(C)(O)Cc1ccc(F)c(F)c1. The molecule has 1 N–H and O–H groups in total. The van der Waals surface area contributed by atoms with Crippen molar-refractivity contribution in [3.05, 3.63) is 35.4 Å². The summed E-state index contributed by atoms with van der Waals surface area (Å²) in [5.74, 6) is -1.79. The molecule has 0 saturated heterocycles. The molecule has 1 aromatic rings. The van der Waals surface area contributed by atoms with Gasteiger partial charge in [0.15, 0.2) is 11.6 Å². The molecule has 0 bridgehead atoms. The fourth-order valence-electron chi connectivity index (χ4n) is 1.45. The van der Waals surface area contributed by atoms with E-state index < -0.39 is 17.2 Å². The molecule has 1 unspecified atom stereocenters. The Bertz CT molecular complexity index is 337. The summed E-state index contributed by atoms with van der Waals surface area (Å²) < 4.78 is 30.3. The van der Waals surface area contributed by atoms with Crippen LogP contribution < -0.4 is 0 Å². The maximum Gasteiger partial charge on any atom is 0.159 e. The third-order valence-corrected chi connectivity index (χ3v) is 2.02. The Balaban J connectivity index is 2.76. The van der Waals surface area contributed by atoms with E-state index in [2.05, 4.69) is 0 Å². The molecule has 0 aliphatic carbocycles. The molecule has 0 spiro atoms. The van der Waals surface area contributed by atoms with Crippen molar-refractivity contribution in [1.82, 2.24) is 0 Å². The molecule has 2 nitrogen and oxygen atoms in total. The molecule has 0 radical (unpaired) electrons. The van der Waals surface area contributed by atoms with Crippen molar-refractivity contribution in [1.29, 1.82) is 0 Å². The summed E-state index contributed by atoms with van der Waals surface area (Å²) in [6.45, 7) is 1.73. The predicted octanol–water partition coefficient (Wildman–Crippen LogP) is 1.90. The van der Waals surface area contributed by atoms with E-state index in [1.165, 1.54) is 13.2 Å². The van der Waals surface area contributed by atoms with Crippen molar-refractivity contribution in [2.75, 3.05) is 13.7 Å². The number of hydrogen-bond donors (Lipinski definition) is 1. The van der Waals surface area contributed by atoms with Crippen LogP contribution in [0.25, 0.3) is 0 Å². The molecular formula is C11H14F2O2. The van der Waals surface area contributed by atoms with Gasteiger partial charge in [-0.3, -0.25) is 0 Å². The second-order valence-electron chi connectivity index (χ2n) is 3.86. The molecule has 0 amide bonds. The second-order valence-corrected chi connectivity index (χ2v) is 3.86. The number of hydrogen-bond acceptors (Lipinski definition) is 2. The summed E-state index contributed by atoms with van der Waals surface area (Å²) in [5.41, 5.74) is -0.533. The summed E-state index contributed by atoms with van der Waals surface area (Å²) in [6, 6.07) is 3.58. The van der Waals surface area contributed by atoms with E-state index in [4.69, 9.17) is 4.74 Å². The van der Waals surface area contributed by atoms with Crippen LogP contribution in [-0.2, 0) is 11.2 Å². The number of rotatable bonds is 4. The molecule has 0 fully saturated rings. The predicted molar refractivity (Wildman–Crippen MR) is 52.6 cm³/mol. The van der Waals surface area contributed by atoms with Crippen LogP contribution in [0.4, 0.5) is 8.78 Å². The standard InChI is InChI=1S/C11H14F2O2/c1-11(14,7-15-2)6-8-3-4-9(12)10(13)5-8/h3-5,14H,6-7H2,1-2H3. The molecule has 0 saturated carbocycles. The maximum absolute atomic E-state index is 12.9. The highest BCUT2D eigenvalue weighted by molar-refractivity contribution is 5.19. The highest BCUT2D eigenvalue weighted by Crippen LogP contribution is 2.16. The van der Waals surface area contributed by atoms with Gasteiger partial charge >= 0.3 is 0 Å². The molecule has 0 aliphatic rings. The lowest BCUT2D eigenvalue weighted by atomic mass is 9.97. The smallest absolute Gasteiger partial charge is 0.159 e. The molecule has 1 atom stereocenters. The Morgan fingerprint density at radius 3 is 2.53 bits per heavy atom. The Morgan fingerprint density at radius 2 is 2.00 bits per heavy atom. The zero-order valence-electron chi connectivity index (χ0n) is 8.76. The van der Waals surface area contributed by atoms with Crippen LogP contribution in [0.1, 0.15) is 12.5 Å². The van der Waals surface area contributed by atoms with Crippen molar-refractivity contribution in [2.45, 2.75) is 18.9 Å². The monoisotopic (exact) mass is 216 g/mol. The second kappa shape index (κ2) is 4.68. The van der Waals surface area contributed by atoms with Gasteiger partial charge in [0, 0.05) is 13.5 Å². The first-order valence-electron chi connectivity index (χ1n) is 4.60. The first-order valence-corrected chi connectivity index (χ1v) is 4.60. The lowest BCUT2D eigenvalue weighted by molar-refractivity contribution is -0.0161. The Hall–Kier alpha value is -1.00. The van der Waals surface area contributed by atoms with Crippen molar-refractivity contribution in [3.8, 4) is 0 Å². The molecular weight excluding hydrogens is 202 g/mol. The van der Waals surface area contributed by atoms with Gasteiger partial charge in [-0.05, 0) is 24.6 Å². The largest absolute Gasteiger partial charge is 0.387 e. The first kappa shape index (κ1) is 12.1. The molecule has 1 rings (SSSR count). The fourth-order valence-corrected chi connectivity index (χ4v) is 1.45. The van der Waals surface area contributed by atoms with Crippen molar-refractivity contribution in [3.63, 3.8) is 0 Å². The van der Waals surface area contributed by atoms with Gasteiger partial charge in [-0.1, -0.05) is 6.07 Å². The van der Waals surface area contributed by atoms with Gasteiger partial charge in [0.2, 0.25) is 0 Å². The molecule has 84 valence electrons. The van der Waals surface area contributed by atoms with E-state index in [0.717, 1.165) is 12.1 Å². The number of methoxy groups -OCH3 is 1. The molecule has 0 aliphatic heterocycles. The average Bonchev–Trinajstić information content (AvgIpc) is 2.10. The quantitative estimate of drug-likeness (QED) is 0.833. The zero-order chi connectivity index (χ0) is 11.5. The van der Waals surface area contributed by atoms with Crippen molar-refractivity contribution in [2.24, 2.45) is 0 Å². The normalized spacial score (nSPS) is 15.0. The van der Waals surface area contributed by atoms with E-state index in [0.29, 0.717) is 5.56 Å². The van der Waals surface area contributed by atoms with Gasteiger partial charge in [-0.2, -0.15) is 0 Å². The van der Waals surface area contributed by atoms with Crippen LogP contribution in [0.15, 0.2) is 18.2 Å². The number of aliphatic hydroxyl groups is 1. The van der Waals surface area contributed by atoms with Crippen LogP contribution in [0.2, 0.25) is 0 Å². The number of benzene rings is 1. The minimum absolute atomic E-state index is 0.145. The molecule has 15 heavy (non-hydrogen) atoms. The van der Waals surface area contributed by atoms with E-state index >= 15 is 0 Å². The van der Waals surface area contributed by atoms with Gasteiger partial charge in [0.25, 0.3) is 0 Å². The van der Waals surface area contributed by atoms with Crippen LogP contribution in [0.3, 0.4) is 0 Å². The third-order valence-electron chi connectivity index (χ3n) is 2.02. The Labute approximate surface area is 87.5 Å². The van der Waals surface area contributed by atoms with Gasteiger partial charge < -0.3 is 9.84 Å². The van der Waals surface area contributed by atoms with Crippen LogP contribution in [-0.4, -0.2) is 24.4 Å². The third kappa shape index (κ3) is 3.57. The lowest BCUT2D eigenvalue weighted by Gasteiger charge is -2.22. The van der Waals surface area contributed by atoms with Crippen LogP contribution in [0.5, 0.6) is 0 Å². The summed E-state index contributed by atoms with van der Waals surface area (Å²) >= 11 is 0. The zero-order valence-corrected chi connectivity index (χ0v) is 8.76. The van der Waals surface area contributed by atoms with Crippen molar-refractivity contribution < 1.29 is 18.6 Å². The highest BCUT2D eigenvalue weighted by atomic mass is 19.2. The van der Waals surface area contributed by atoms with Gasteiger partial charge in [0.05, 0.1) is 12.2 Å². The van der Waals surface area contributed by atoms with Gasteiger partial charge in [-0.25, -0.2) is 8.78 Å². The van der Waals surface area contributed by atoms with Crippen LogP contribution in [0, 0.1) is 11.6 Å². The first-order chi connectivity index (χ1) is 6.94. The van der Waals surface area contributed by atoms with Gasteiger partial charge in [-0.15, -0.1) is 0 Å². The average molecular weight is 216 g/mol. The Morgan fingerprint density at radius 1 is 1.33 bits per heavy atom. The van der Waals surface area contributed by atoms with E-state index in [1.807, 2.05) is 0 Å². The lowest BCUT2D eigenvalue weighted by Crippen LogP contribution is -2.32. The summed E-state index contributed by atoms with van der Waals surface area (Å²) in [4.78, 5) is 0. The summed E-state index contributed by atoms with van der Waals surface area (Å²) in [5, 5.41) is 9.79. The fraction of sp³-hybridized carbons (Fsp3) is 0.455. The number of halogens is 2. The topological polar surface area (TPSA) is 29.5 Å². The van der Waals surface area contributed by atoms with E-state index in [9.17, 15) is 13.9 Å². The minimum Gasteiger partial charge on any atom is -0.387 e. The molecule has 4 heteroatoms. The molecule has 0 heterocycles. The van der Waals surface area contributed by atoms with E-state index in [1.54, 1.807) is 6.92 Å². The maximum atomic E-state index is 12.9. The minimum atomic E-state index is -1.07. The van der Waals surface area contributed by atoms with Gasteiger partial charge in [0.1, 0.15) is 0 Å². The molecule has 1 aromatic carbocycles. The van der Waals surface area contributed by atoms with Crippen LogP contribution >= 0.6 is 0 Å². The summed E-state index contributed by atoms with van der Waals surface area (Å²) in [6.07, 6.45) is 0.220. The number of ether oxygens (including phenoxy) is 1. The Kier molecular flexibility index (Phi) is 3.77.